The summed E-state index contributed by atoms with van der Waals surface area (Å²) in [4.78, 5) is 23.2. The summed E-state index contributed by atoms with van der Waals surface area (Å²) < 4.78 is 5.32. The zero-order valence-corrected chi connectivity index (χ0v) is 12.2. The van der Waals surface area contributed by atoms with Gasteiger partial charge in [-0.05, 0) is 43.9 Å². The van der Waals surface area contributed by atoms with Gasteiger partial charge in [0.05, 0.1) is 0 Å². The lowest BCUT2D eigenvalue weighted by Crippen LogP contribution is -2.46. The van der Waals surface area contributed by atoms with Crippen LogP contribution in [0.5, 0.6) is 0 Å². The Morgan fingerprint density at radius 2 is 2.05 bits per heavy atom. The monoisotopic (exact) mass is 291 g/mol. The highest BCUT2D eigenvalue weighted by atomic mass is 16.4. The van der Waals surface area contributed by atoms with Crippen LogP contribution < -0.4 is 5.32 Å². The fourth-order valence-electron chi connectivity index (χ4n) is 2.75. The van der Waals surface area contributed by atoms with Crippen molar-refractivity contribution in [1.82, 2.24) is 5.32 Å². The van der Waals surface area contributed by atoms with Gasteiger partial charge in [0.2, 0.25) is 5.91 Å². The number of aliphatic carboxylic acids is 1. The fourth-order valence-corrected chi connectivity index (χ4v) is 2.75. The first-order chi connectivity index (χ1) is 10.1. The van der Waals surface area contributed by atoms with Gasteiger partial charge < -0.3 is 14.8 Å². The van der Waals surface area contributed by atoms with Gasteiger partial charge >= 0.3 is 5.97 Å². The largest absolute Gasteiger partial charge is 0.480 e. The number of carboxylic acid groups (broad SMARTS) is 1. The molecule has 1 aromatic rings. The van der Waals surface area contributed by atoms with Gasteiger partial charge in [0.25, 0.3) is 0 Å². The number of rotatable bonds is 5. The average molecular weight is 291 g/mol. The molecule has 5 heteroatoms. The molecule has 0 aliphatic heterocycles. The third kappa shape index (κ3) is 4.48. The van der Waals surface area contributed by atoms with Gasteiger partial charge in [0.15, 0.2) is 0 Å². The molecule has 2 rings (SSSR count). The van der Waals surface area contributed by atoms with Crippen molar-refractivity contribution in [3.8, 4) is 0 Å². The smallest absolute Gasteiger partial charge is 0.326 e. The molecule has 1 aromatic heterocycles. The van der Waals surface area contributed by atoms with Gasteiger partial charge in [-0.1, -0.05) is 19.3 Å². The second-order valence-corrected chi connectivity index (χ2v) is 5.50. The SMILES string of the molecule is Cc1ccc(/C=C/C(=O)NC(C(=O)O)C2CCCCC2)o1. The Labute approximate surface area is 124 Å². The van der Waals surface area contributed by atoms with E-state index in [1.807, 2.05) is 6.92 Å². The predicted octanol–water partition coefficient (Wildman–Crippen LogP) is 2.75. The molecule has 114 valence electrons. The molecule has 0 aromatic carbocycles. The van der Waals surface area contributed by atoms with Gasteiger partial charge in [0, 0.05) is 6.08 Å². The normalized spacial score (nSPS) is 17.8. The minimum atomic E-state index is -0.961. The fraction of sp³-hybridized carbons (Fsp3) is 0.500. The Bertz CT molecular complexity index is 526. The van der Waals surface area contributed by atoms with Gasteiger partial charge in [-0.2, -0.15) is 0 Å². The standard InChI is InChI=1S/C16H21NO4/c1-11-7-8-13(21-11)9-10-14(18)17-15(16(19)20)12-5-3-2-4-6-12/h7-10,12,15H,2-6H2,1H3,(H,17,18)(H,19,20)/b10-9+. The number of carbonyl (C=O) groups is 2. The zero-order valence-electron chi connectivity index (χ0n) is 12.2. The van der Waals surface area contributed by atoms with Crippen molar-refractivity contribution in [2.75, 3.05) is 0 Å². The molecule has 0 bridgehead atoms. The zero-order chi connectivity index (χ0) is 15.2. The van der Waals surface area contributed by atoms with E-state index in [1.54, 1.807) is 18.2 Å². The molecule has 1 atom stereocenters. The first kappa shape index (κ1) is 15.4. The molecule has 1 aliphatic carbocycles. The van der Waals surface area contributed by atoms with E-state index in [1.165, 1.54) is 6.08 Å². The Kier molecular flexibility index (Phi) is 5.20. The van der Waals surface area contributed by atoms with Gasteiger partial charge in [0.1, 0.15) is 17.6 Å². The van der Waals surface area contributed by atoms with E-state index in [0.29, 0.717) is 5.76 Å². The number of hydrogen-bond acceptors (Lipinski definition) is 3. The molecule has 5 nitrogen and oxygen atoms in total. The van der Waals surface area contributed by atoms with Crippen molar-refractivity contribution in [2.24, 2.45) is 5.92 Å². The number of nitrogens with one attached hydrogen (secondary N) is 1. The number of carboxylic acids is 1. The number of hydrogen-bond donors (Lipinski definition) is 2. The number of furan rings is 1. The van der Waals surface area contributed by atoms with E-state index in [4.69, 9.17) is 4.42 Å². The lowest BCUT2D eigenvalue weighted by molar-refractivity contribution is -0.143. The first-order valence-corrected chi connectivity index (χ1v) is 7.34. The molecule has 0 spiro atoms. The van der Waals surface area contributed by atoms with Crippen LogP contribution >= 0.6 is 0 Å². The second-order valence-electron chi connectivity index (χ2n) is 5.50. The van der Waals surface area contributed by atoms with Crippen LogP contribution in [0.3, 0.4) is 0 Å². The first-order valence-electron chi connectivity index (χ1n) is 7.34. The van der Waals surface area contributed by atoms with E-state index in [-0.39, 0.29) is 5.92 Å². The van der Waals surface area contributed by atoms with Crippen LogP contribution in [0.25, 0.3) is 6.08 Å². The van der Waals surface area contributed by atoms with Crippen molar-refractivity contribution >= 4 is 18.0 Å². The molecule has 1 heterocycles. The third-order valence-corrected chi connectivity index (χ3v) is 3.85. The number of aryl methyl sites for hydroxylation is 1. The molecule has 1 fully saturated rings. The van der Waals surface area contributed by atoms with Gasteiger partial charge in [-0.3, -0.25) is 4.79 Å². The molecular formula is C16H21NO4. The van der Waals surface area contributed by atoms with Gasteiger partial charge in [-0.15, -0.1) is 0 Å². The Morgan fingerprint density at radius 1 is 1.33 bits per heavy atom. The highest BCUT2D eigenvalue weighted by molar-refractivity contribution is 5.94. The molecule has 2 N–H and O–H groups in total. The van der Waals surface area contributed by atoms with E-state index in [9.17, 15) is 14.7 Å². The molecule has 0 saturated heterocycles. The van der Waals surface area contributed by atoms with Crippen LogP contribution in [-0.4, -0.2) is 23.0 Å². The van der Waals surface area contributed by atoms with E-state index in [0.717, 1.165) is 37.9 Å². The maximum absolute atomic E-state index is 11.9. The molecule has 1 unspecified atom stereocenters. The Balaban J connectivity index is 1.94. The topological polar surface area (TPSA) is 79.5 Å². The summed E-state index contributed by atoms with van der Waals surface area (Å²) in [6, 6.07) is 2.76. The van der Waals surface area contributed by atoms with E-state index >= 15 is 0 Å². The van der Waals surface area contributed by atoms with Gasteiger partial charge in [-0.25, -0.2) is 4.79 Å². The van der Waals surface area contributed by atoms with Crippen molar-refractivity contribution < 1.29 is 19.1 Å². The highest BCUT2D eigenvalue weighted by Crippen LogP contribution is 2.26. The minimum Gasteiger partial charge on any atom is -0.480 e. The maximum Gasteiger partial charge on any atom is 0.326 e. The van der Waals surface area contributed by atoms with Crippen molar-refractivity contribution in [3.63, 3.8) is 0 Å². The van der Waals surface area contributed by atoms with E-state index in [2.05, 4.69) is 5.32 Å². The van der Waals surface area contributed by atoms with Crippen LogP contribution in [0, 0.1) is 12.8 Å². The molecular weight excluding hydrogens is 270 g/mol. The number of amides is 1. The summed E-state index contributed by atoms with van der Waals surface area (Å²) in [6.07, 6.45) is 7.79. The average Bonchev–Trinajstić information content (AvgIpc) is 2.89. The minimum absolute atomic E-state index is 0.0273. The Hall–Kier alpha value is -2.04. The summed E-state index contributed by atoms with van der Waals surface area (Å²) in [6.45, 7) is 1.82. The molecule has 1 amide bonds. The van der Waals surface area contributed by atoms with Crippen molar-refractivity contribution in [3.05, 3.63) is 29.7 Å². The van der Waals surface area contributed by atoms with Crippen molar-refractivity contribution in [1.29, 1.82) is 0 Å². The molecule has 21 heavy (non-hydrogen) atoms. The van der Waals surface area contributed by atoms with E-state index < -0.39 is 17.9 Å². The molecule has 0 radical (unpaired) electrons. The summed E-state index contributed by atoms with van der Waals surface area (Å²) in [7, 11) is 0. The van der Waals surface area contributed by atoms with Crippen LogP contribution in [0.1, 0.15) is 43.6 Å². The molecule has 1 aliphatic rings. The lowest BCUT2D eigenvalue weighted by atomic mass is 9.84. The van der Waals surface area contributed by atoms with Crippen LogP contribution in [0.2, 0.25) is 0 Å². The van der Waals surface area contributed by atoms with Crippen LogP contribution in [-0.2, 0) is 9.59 Å². The number of carbonyl (C=O) groups excluding carboxylic acids is 1. The molecule has 1 saturated carbocycles. The van der Waals surface area contributed by atoms with Crippen LogP contribution in [0.15, 0.2) is 22.6 Å². The summed E-state index contributed by atoms with van der Waals surface area (Å²) in [5.74, 6) is 0.00634. The highest BCUT2D eigenvalue weighted by Gasteiger charge is 2.30. The predicted molar refractivity (Wildman–Crippen MR) is 78.6 cm³/mol. The Morgan fingerprint density at radius 3 is 2.62 bits per heavy atom. The maximum atomic E-state index is 11.9. The summed E-state index contributed by atoms with van der Waals surface area (Å²) in [5, 5.41) is 11.9. The lowest BCUT2D eigenvalue weighted by Gasteiger charge is -2.27. The summed E-state index contributed by atoms with van der Waals surface area (Å²) >= 11 is 0. The van der Waals surface area contributed by atoms with Crippen LogP contribution in [0.4, 0.5) is 0 Å². The summed E-state index contributed by atoms with van der Waals surface area (Å²) in [5.41, 5.74) is 0. The quantitative estimate of drug-likeness (QED) is 0.817. The third-order valence-electron chi connectivity index (χ3n) is 3.85. The second kappa shape index (κ2) is 7.11. The van der Waals surface area contributed by atoms with Crippen molar-refractivity contribution in [2.45, 2.75) is 45.1 Å².